The molecule has 2 aromatic rings. The Bertz CT molecular complexity index is 646. The lowest BCUT2D eigenvalue weighted by atomic mass is 10.1. The zero-order chi connectivity index (χ0) is 14.0. The lowest BCUT2D eigenvalue weighted by Crippen LogP contribution is -1.83. The Balaban J connectivity index is 2.31. The van der Waals surface area contributed by atoms with Crippen molar-refractivity contribution < 1.29 is 4.84 Å². The number of nitrogens with zero attached hydrogens (tertiary/aromatic N) is 1. The molecule has 0 heterocycles. The van der Waals surface area contributed by atoms with E-state index in [2.05, 4.69) is 21.8 Å². The van der Waals surface area contributed by atoms with Gasteiger partial charge in [-0.25, -0.2) is 0 Å². The average Bonchev–Trinajstić information content (AvgIpc) is 2.52. The Morgan fingerprint density at radius 2 is 1.65 bits per heavy atom. The maximum Gasteiger partial charge on any atom is 0.106 e. The lowest BCUT2D eigenvalue weighted by molar-refractivity contribution is 0.215. The summed E-state index contributed by atoms with van der Waals surface area (Å²) >= 11 is 0. The third kappa shape index (κ3) is 4.15. The first-order valence-electron chi connectivity index (χ1n) is 6.29. The first kappa shape index (κ1) is 13.6. The van der Waals surface area contributed by atoms with Gasteiger partial charge in [0.05, 0.1) is 6.21 Å². The van der Waals surface area contributed by atoms with Crippen LogP contribution in [0.15, 0.2) is 71.9 Å². The van der Waals surface area contributed by atoms with E-state index in [0.717, 1.165) is 16.7 Å². The Hall–Kier alpha value is -2.79. The SMILES string of the molecule is CO/N=C/C=C(\C#Cc1ccccc1)c1ccccc1. The number of oxime groups is 1. The van der Waals surface area contributed by atoms with Crippen LogP contribution in [-0.2, 0) is 4.84 Å². The second kappa shape index (κ2) is 7.60. The molecule has 0 fully saturated rings. The predicted octanol–water partition coefficient (Wildman–Crippen LogP) is 3.75. The van der Waals surface area contributed by atoms with Gasteiger partial charge in [0.25, 0.3) is 0 Å². The number of allylic oxidation sites excluding steroid dienone is 2. The lowest BCUT2D eigenvalue weighted by Gasteiger charge is -1.98. The molecular weight excluding hydrogens is 246 g/mol. The number of benzene rings is 2. The van der Waals surface area contributed by atoms with Gasteiger partial charge in [-0.2, -0.15) is 0 Å². The monoisotopic (exact) mass is 261 g/mol. The highest BCUT2D eigenvalue weighted by atomic mass is 16.6. The van der Waals surface area contributed by atoms with Gasteiger partial charge >= 0.3 is 0 Å². The minimum atomic E-state index is 0.898. The van der Waals surface area contributed by atoms with Crippen molar-refractivity contribution >= 4 is 11.8 Å². The van der Waals surface area contributed by atoms with Crippen LogP contribution >= 0.6 is 0 Å². The molecule has 0 aromatic heterocycles. The van der Waals surface area contributed by atoms with Crippen LogP contribution in [0.1, 0.15) is 11.1 Å². The van der Waals surface area contributed by atoms with Gasteiger partial charge in [-0.05, 0) is 23.8 Å². The van der Waals surface area contributed by atoms with Gasteiger partial charge in [0, 0.05) is 11.1 Å². The van der Waals surface area contributed by atoms with E-state index < -0.39 is 0 Å². The highest BCUT2D eigenvalue weighted by molar-refractivity contribution is 5.91. The summed E-state index contributed by atoms with van der Waals surface area (Å²) in [7, 11) is 1.52. The second-order valence-electron chi connectivity index (χ2n) is 4.00. The smallest absolute Gasteiger partial charge is 0.106 e. The molecule has 0 saturated heterocycles. The fraction of sp³-hybridized carbons (Fsp3) is 0.0556. The topological polar surface area (TPSA) is 21.6 Å². The highest BCUT2D eigenvalue weighted by Gasteiger charge is 1.95. The summed E-state index contributed by atoms with van der Waals surface area (Å²) in [5.74, 6) is 6.32. The quantitative estimate of drug-likeness (QED) is 0.468. The fourth-order valence-electron chi connectivity index (χ4n) is 1.65. The number of rotatable bonds is 3. The summed E-state index contributed by atoms with van der Waals surface area (Å²) in [4.78, 5) is 4.67. The minimum Gasteiger partial charge on any atom is -0.399 e. The molecule has 0 aliphatic rings. The van der Waals surface area contributed by atoms with E-state index in [-0.39, 0.29) is 0 Å². The Morgan fingerprint density at radius 1 is 1.00 bits per heavy atom. The average molecular weight is 261 g/mol. The minimum absolute atomic E-state index is 0.898. The van der Waals surface area contributed by atoms with E-state index in [0.29, 0.717) is 0 Å². The molecule has 2 nitrogen and oxygen atoms in total. The molecule has 2 aromatic carbocycles. The van der Waals surface area contributed by atoms with Gasteiger partial charge in [-0.1, -0.05) is 65.5 Å². The molecule has 0 bridgehead atoms. The molecular formula is C18H15NO. The van der Waals surface area contributed by atoms with E-state index >= 15 is 0 Å². The summed E-state index contributed by atoms with van der Waals surface area (Å²) in [5, 5.41) is 3.72. The molecule has 0 aliphatic heterocycles. The molecule has 20 heavy (non-hydrogen) atoms. The third-order valence-electron chi connectivity index (χ3n) is 2.61. The molecule has 0 amide bonds. The van der Waals surface area contributed by atoms with E-state index in [9.17, 15) is 0 Å². The first-order chi connectivity index (χ1) is 9.90. The van der Waals surface area contributed by atoms with Crippen molar-refractivity contribution in [2.24, 2.45) is 5.16 Å². The maximum absolute atomic E-state index is 4.67. The number of hydrogen-bond donors (Lipinski definition) is 0. The molecule has 2 heteroatoms. The predicted molar refractivity (Wildman–Crippen MR) is 83.2 cm³/mol. The van der Waals surface area contributed by atoms with Gasteiger partial charge < -0.3 is 4.84 Å². The van der Waals surface area contributed by atoms with E-state index in [4.69, 9.17) is 0 Å². The Labute approximate surface area is 119 Å². The molecule has 0 N–H and O–H groups in total. The van der Waals surface area contributed by atoms with Crippen molar-refractivity contribution in [3.63, 3.8) is 0 Å². The van der Waals surface area contributed by atoms with Crippen LogP contribution in [0, 0.1) is 11.8 Å². The van der Waals surface area contributed by atoms with Crippen molar-refractivity contribution in [2.75, 3.05) is 7.11 Å². The van der Waals surface area contributed by atoms with Crippen LogP contribution in [-0.4, -0.2) is 13.3 Å². The molecule has 0 saturated carbocycles. The van der Waals surface area contributed by atoms with Crippen molar-refractivity contribution in [2.45, 2.75) is 0 Å². The van der Waals surface area contributed by atoms with Crippen molar-refractivity contribution in [1.82, 2.24) is 0 Å². The zero-order valence-electron chi connectivity index (χ0n) is 11.3. The van der Waals surface area contributed by atoms with Gasteiger partial charge in [0.1, 0.15) is 7.11 Å². The van der Waals surface area contributed by atoms with Crippen molar-refractivity contribution in [3.05, 3.63) is 77.9 Å². The molecule has 98 valence electrons. The number of hydrogen-bond acceptors (Lipinski definition) is 2. The van der Waals surface area contributed by atoms with E-state index in [1.165, 1.54) is 7.11 Å². The fourth-order valence-corrected chi connectivity index (χ4v) is 1.65. The van der Waals surface area contributed by atoms with Gasteiger partial charge in [0.2, 0.25) is 0 Å². The van der Waals surface area contributed by atoms with E-state index in [1.54, 1.807) is 6.21 Å². The van der Waals surface area contributed by atoms with Crippen molar-refractivity contribution in [3.8, 4) is 11.8 Å². The summed E-state index contributed by atoms with van der Waals surface area (Å²) in [6.45, 7) is 0. The van der Waals surface area contributed by atoms with Crippen LogP contribution in [0.5, 0.6) is 0 Å². The normalized spacial score (nSPS) is 10.9. The van der Waals surface area contributed by atoms with Crippen LogP contribution in [0.2, 0.25) is 0 Å². The Kier molecular flexibility index (Phi) is 5.18. The van der Waals surface area contributed by atoms with Gasteiger partial charge in [0.15, 0.2) is 0 Å². The molecule has 2 rings (SSSR count). The summed E-state index contributed by atoms with van der Waals surface area (Å²) in [6, 6.07) is 19.9. The van der Waals surface area contributed by atoms with Crippen molar-refractivity contribution in [1.29, 1.82) is 0 Å². The molecule has 0 atom stereocenters. The van der Waals surface area contributed by atoms with Crippen LogP contribution in [0.25, 0.3) is 5.57 Å². The molecule has 0 radical (unpaired) electrons. The Morgan fingerprint density at radius 3 is 2.30 bits per heavy atom. The first-order valence-corrected chi connectivity index (χ1v) is 6.29. The van der Waals surface area contributed by atoms with Crippen LogP contribution < -0.4 is 0 Å². The molecule has 0 spiro atoms. The van der Waals surface area contributed by atoms with Crippen LogP contribution in [0.3, 0.4) is 0 Å². The third-order valence-corrected chi connectivity index (χ3v) is 2.61. The second-order valence-corrected chi connectivity index (χ2v) is 4.00. The summed E-state index contributed by atoms with van der Waals surface area (Å²) in [6.07, 6.45) is 3.44. The summed E-state index contributed by atoms with van der Waals surface area (Å²) < 4.78 is 0. The summed E-state index contributed by atoms with van der Waals surface area (Å²) in [5.41, 5.74) is 2.94. The van der Waals surface area contributed by atoms with Crippen LogP contribution in [0.4, 0.5) is 0 Å². The largest absolute Gasteiger partial charge is 0.399 e. The highest BCUT2D eigenvalue weighted by Crippen LogP contribution is 2.12. The molecule has 0 aliphatic carbocycles. The van der Waals surface area contributed by atoms with Gasteiger partial charge in [-0.15, -0.1) is 0 Å². The molecule has 0 unspecified atom stereocenters. The standard InChI is InChI=1S/C18H15NO/c1-20-19-15-14-18(17-10-6-3-7-11-17)13-12-16-8-4-2-5-9-16/h2-11,14-15H,1H3/b18-14+,19-15+. The van der Waals surface area contributed by atoms with E-state index in [1.807, 2.05) is 66.7 Å². The maximum atomic E-state index is 4.67. The van der Waals surface area contributed by atoms with Gasteiger partial charge in [-0.3, -0.25) is 0 Å². The zero-order valence-corrected chi connectivity index (χ0v) is 11.3.